The maximum absolute atomic E-state index is 13.6. The number of carbonyl (C=O) groups excluding carboxylic acids is 1. The van der Waals surface area contributed by atoms with Gasteiger partial charge in [-0.25, -0.2) is 9.78 Å². The molecule has 5 rings (SSSR count). The molecule has 14 heteroatoms. The molecule has 2 amide bonds. The SMILES string of the molecule is Cc1oc(-c2ccccc2)nc1CC([O-])=Nc1cc(NC(=O)Nc2c[n+](Cc3ccccn3)no2)cc(C(F)(F)F)c1. The van der Waals surface area contributed by atoms with E-state index >= 15 is 0 Å². The minimum Gasteiger partial charge on any atom is -0.861 e. The Kier molecular flexibility index (Phi) is 7.95. The quantitative estimate of drug-likeness (QED) is 0.155. The van der Waals surface area contributed by atoms with Gasteiger partial charge in [-0.1, -0.05) is 24.3 Å². The highest BCUT2D eigenvalue weighted by Crippen LogP contribution is 2.34. The zero-order valence-electron chi connectivity index (χ0n) is 21.9. The van der Waals surface area contributed by atoms with Crippen LogP contribution in [0.15, 0.2) is 93.1 Å². The van der Waals surface area contributed by atoms with Crippen LogP contribution in [-0.4, -0.2) is 27.2 Å². The second-order valence-corrected chi connectivity index (χ2v) is 9.00. The Hall–Kier alpha value is -5.53. The Labute approximate surface area is 236 Å². The van der Waals surface area contributed by atoms with Gasteiger partial charge >= 0.3 is 18.1 Å². The molecule has 0 fully saturated rings. The molecule has 0 aliphatic carbocycles. The van der Waals surface area contributed by atoms with E-state index in [1.807, 2.05) is 6.07 Å². The van der Waals surface area contributed by atoms with Gasteiger partial charge in [-0.3, -0.25) is 19.8 Å². The van der Waals surface area contributed by atoms with Crippen molar-refractivity contribution in [2.24, 2.45) is 4.99 Å². The minimum atomic E-state index is -4.77. The lowest BCUT2D eigenvalue weighted by Crippen LogP contribution is -2.35. The van der Waals surface area contributed by atoms with Gasteiger partial charge in [0.25, 0.3) is 6.20 Å². The molecule has 0 atom stereocenters. The number of carbonyl (C=O) groups is 1. The van der Waals surface area contributed by atoms with E-state index in [0.29, 0.717) is 34.7 Å². The van der Waals surface area contributed by atoms with Crippen molar-refractivity contribution in [1.29, 1.82) is 0 Å². The second kappa shape index (κ2) is 11.9. The van der Waals surface area contributed by atoms with Crippen LogP contribution < -0.4 is 20.4 Å². The predicted octanol–water partition coefficient (Wildman–Crippen LogP) is 4.66. The topological polar surface area (TPSA) is 145 Å². The van der Waals surface area contributed by atoms with E-state index in [4.69, 9.17) is 8.94 Å². The van der Waals surface area contributed by atoms with Crippen LogP contribution >= 0.6 is 0 Å². The Morgan fingerprint density at radius 2 is 1.86 bits per heavy atom. The highest BCUT2D eigenvalue weighted by Gasteiger charge is 2.31. The number of alkyl halides is 3. The molecule has 3 aromatic heterocycles. The van der Waals surface area contributed by atoms with Crippen molar-refractivity contribution in [3.8, 4) is 11.5 Å². The van der Waals surface area contributed by atoms with Gasteiger partial charge in [0, 0.05) is 23.9 Å². The molecule has 2 N–H and O–H groups in total. The van der Waals surface area contributed by atoms with Crippen molar-refractivity contribution in [3.05, 3.63) is 102 Å². The number of pyridine rings is 1. The lowest BCUT2D eigenvalue weighted by Gasteiger charge is -2.14. The number of anilines is 2. The normalized spacial score (nSPS) is 11.9. The van der Waals surface area contributed by atoms with E-state index < -0.39 is 23.7 Å². The molecule has 0 unspecified atom stereocenters. The third-order valence-electron chi connectivity index (χ3n) is 5.79. The van der Waals surface area contributed by atoms with Crippen molar-refractivity contribution in [3.63, 3.8) is 0 Å². The smallest absolute Gasteiger partial charge is 0.416 e. The minimum absolute atomic E-state index is 0.0617. The molecule has 0 aliphatic rings. The maximum Gasteiger partial charge on any atom is 0.416 e. The molecule has 214 valence electrons. The lowest BCUT2D eigenvalue weighted by molar-refractivity contribution is -0.755. The van der Waals surface area contributed by atoms with Crippen LogP contribution in [-0.2, 0) is 19.1 Å². The predicted molar refractivity (Wildman–Crippen MR) is 142 cm³/mol. The number of oxazole rings is 1. The largest absolute Gasteiger partial charge is 0.861 e. The number of benzene rings is 2. The van der Waals surface area contributed by atoms with E-state index in [0.717, 1.165) is 12.1 Å². The van der Waals surface area contributed by atoms with Crippen LogP contribution in [0.2, 0.25) is 0 Å². The van der Waals surface area contributed by atoms with Crippen molar-refractivity contribution in [2.45, 2.75) is 26.1 Å². The number of aromatic nitrogens is 4. The van der Waals surface area contributed by atoms with Gasteiger partial charge in [-0.15, -0.1) is 0 Å². The molecule has 0 radical (unpaired) electrons. The highest BCUT2D eigenvalue weighted by atomic mass is 19.4. The number of aryl methyl sites for hydroxylation is 1. The molecule has 2 aromatic carbocycles. The number of hydrogen-bond acceptors (Lipinski definition) is 8. The molecule has 5 aromatic rings. The monoisotopic (exact) mass is 577 g/mol. The average Bonchev–Trinajstić information content (AvgIpc) is 3.54. The Morgan fingerprint density at radius 3 is 2.60 bits per heavy atom. The number of halogens is 3. The molecule has 11 nitrogen and oxygen atoms in total. The van der Waals surface area contributed by atoms with Gasteiger partial charge in [-0.05, 0) is 60.0 Å². The Bertz CT molecular complexity index is 1720. The number of nitrogens with one attached hydrogen (secondary N) is 2. The zero-order valence-corrected chi connectivity index (χ0v) is 21.9. The first kappa shape index (κ1) is 28.0. The van der Waals surface area contributed by atoms with E-state index in [1.54, 1.807) is 55.6 Å². The summed E-state index contributed by atoms with van der Waals surface area (Å²) < 4.78 is 52.9. The molecule has 0 saturated carbocycles. The number of hydrogen-bond donors (Lipinski definition) is 2. The summed E-state index contributed by atoms with van der Waals surface area (Å²) in [4.78, 5) is 24.8. The van der Waals surface area contributed by atoms with Crippen molar-refractivity contribution in [2.75, 3.05) is 10.6 Å². The molecule has 0 bridgehead atoms. The summed E-state index contributed by atoms with van der Waals surface area (Å²) in [6.45, 7) is 1.89. The first-order valence-corrected chi connectivity index (χ1v) is 12.5. The summed E-state index contributed by atoms with van der Waals surface area (Å²) in [5.41, 5.74) is 0.0397. The second-order valence-electron chi connectivity index (χ2n) is 9.00. The first-order chi connectivity index (χ1) is 20.1. The third kappa shape index (κ3) is 7.15. The van der Waals surface area contributed by atoms with Crippen molar-refractivity contribution >= 4 is 29.2 Å². The molecule has 0 saturated heterocycles. The average molecular weight is 578 g/mol. The summed E-state index contributed by atoms with van der Waals surface area (Å²) in [5.74, 6) is -0.121. The molecule has 3 heterocycles. The van der Waals surface area contributed by atoms with Crippen LogP contribution in [0.3, 0.4) is 0 Å². The lowest BCUT2D eigenvalue weighted by atomic mass is 10.1. The standard InChI is InChI=1S/C28H22F3N7O4/c1-17-23(35-26(41-17)18-7-3-2-4-8-18)14-24(39)33-21-11-19(28(29,30)31)12-22(13-21)34-27(40)36-25-16-38(37-42-25)15-20-9-5-6-10-32-20/h2-13,16H,14-15H2,1H3,(H2-,33,34,36,37,39,40). The molecular formula is C28H22F3N7O4. The van der Waals surface area contributed by atoms with Crippen LogP contribution in [0.1, 0.15) is 22.7 Å². The van der Waals surface area contributed by atoms with E-state index in [9.17, 15) is 23.1 Å². The van der Waals surface area contributed by atoms with Crippen LogP contribution in [0.4, 0.5) is 35.2 Å². The molecule has 0 aliphatic heterocycles. The Balaban J connectivity index is 1.30. The number of amides is 2. The van der Waals surface area contributed by atoms with E-state index in [-0.39, 0.29) is 30.2 Å². The van der Waals surface area contributed by atoms with Crippen LogP contribution in [0.25, 0.3) is 11.5 Å². The van der Waals surface area contributed by atoms with Crippen molar-refractivity contribution < 1.29 is 36.7 Å². The van der Waals surface area contributed by atoms with Crippen LogP contribution in [0.5, 0.6) is 0 Å². The van der Waals surface area contributed by atoms with Gasteiger partial charge < -0.3 is 14.8 Å². The summed E-state index contributed by atoms with van der Waals surface area (Å²) in [6.07, 6.45) is -2.07. The zero-order chi connectivity index (χ0) is 29.7. The van der Waals surface area contributed by atoms with Gasteiger partial charge in [0.15, 0.2) is 0 Å². The molecule has 0 spiro atoms. The summed E-state index contributed by atoms with van der Waals surface area (Å²) in [6, 6.07) is 16.0. The summed E-state index contributed by atoms with van der Waals surface area (Å²) in [7, 11) is 0. The molecule has 42 heavy (non-hydrogen) atoms. The number of nitrogens with zero attached hydrogens (tertiary/aromatic N) is 5. The number of rotatable bonds is 8. The summed E-state index contributed by atoms with van der Waals surface area (Å²) >= 11 is 0. The fourth-order valence-electron chi connectivity index (χ4n) is 3.87. The van der Waals surface area contributed by atoms with Crippen molar-refractivity contribution in [1.82, 2.24) is 15.2 Å². The number of urea groups is 1. The van der Waals surface area contributed by atoms with Gasteiger partial charge in [0.1, 0.15) is 11.5 Å². The van der Waals surface area contributed by atoms with E-state index in [1.165, 1.54) is 10.9 Å². The van der Waals surface area contributed by atoms with Crippen LogP contribution in [0, 0.1) is 6.92 Å². The Morgan fingerprint density at radius 1 is 1.07 bits per heavy atom. The highest BCUT2D eigenvalue weighted by molar-refractivity contribution is 5.99. The fourth-order valence-corrected chi connectivity index (χ4v) is 3.87. The fraction of sp³-hybridized carbons (Fsp3) is 0.143. The first-order valence-electron chi connectivity index (χ1n) is 12.5. The molecular weight excluding hydrogens is 555 g/mol. The van der Waals surface area contributed by atoms with Gasteiger partial charge in [0.2, 0.25) is 17.7 Å². The summed E-state index contributed by atoms with van der Waals surface area (Å²) in [5, 5.41) is 21.1. The maximum atomic E-state index is 13.6. The van der Waals surface area contributed by atoms with Gasteiger partial charge in [0.05, 0.1) is 16.9 Å². The third-order valence-corrected chi connectivity index (χ3v) is 5.79. The number of aliphatic imine (C=N–C) groups is 1. The van der Waals surface area contributed by atoms with E-state index in [2.05, 4.69) is 30.9 Å². The van der Waals surface area contributed by atoms with Gasteiger partial charge in [-0.2, -0.15) is 13.2 Å².